The number of hydrogen-bond acceptors (Lipinski definition) is 9. The van der Waals surface area contributed by atoms with Gasteiger partial charge < -0.3 is 25.4 Å². The molecule has 12 nitrogen and oxygen atoms in total. The molecule has 4 aromatic rings. The Kier molecular flexibility index (Phi) is 7.81. The molecular weight excluding hydrogens is 555 g/mol. The number of nitrogens with one attached hydrogen (secondary N) is 2. The van der Waals surface area contributed by atoms with Crippen LogP contribution in [0.1, 0.15) is 34.5 Å². The predicted molar refractivity (Wildman–Crippen MR) is 147 cm³/mol. The summed E-state index contributed by atoms with van der Waals surface area (Å²) >= 11 is 6.40. The number of aromatic nitrogens is 5. The molecule has 0 bridgehead atoms. The summed E-state index contributed by atoms with van der Waals surface area (Å²) in [6.07, 6.45) is 3.11. The van der Waals surface area contributed by atoms with Crippen molar-refractivity contribution in [3.8, 4) is 17.0 Å². The number of carbonyl (C=O) groups is 2. The van der Waals surface area contributed by atoms with Crippen molar-refractivity contribution in [2.24, 2.45) is 7.05 Å². The number of hydrogen-bond donors (Lipinski definition) is 3. The summed E-state index contributed by atoms with van der Waals surface area (Å²) in [7, 11) is 3.12. The molecule has 2 atom stereocenters. The number of aliphatic hydroxyl groups excluding tert-OH is 1. The number of halogens is 2. The van der Waals surface area contributed by atoms with Crippen molar-refractivity contribution in [2.75, 3.05) is 19.0 Å². The molecule has 1 aliphatic rings. The van der Waals surface area contributed by atoms with Crippen LogP contribution in [0, 0.1) is 5.82 Å². The van der Waals surface area contributed by atoms with E-state index in [2.05, 4.69) is 30.9 Å². The summed E-state index contributed by atoms with van der Waals surface area (Å²) < 4.78 is 20.6. The molecule has 3 N–H and O–H groups in total. The van der Waals surface area contributed by atoms with Gasteiger partial charge >= 0.3 is 0 Å². The highest BCUT2D eigenvalue weighted by Gasteiger charge is 2.35. The minimum Gasteiger partial charge on any atom is -0.497 e. The Balaban J connectivity index is 1.33. The number of fused-ring (bicyclic) bond motifs is 1. The van der Waals surface area contributed by atoms with E-state index in [-0.39, 0.29) is 29.2 Å². The Morgan fingerprint density at radius 3 is 2.78 bits per heavy atom. The smallest absolute Gasteiger partial charge is 0.255 e. The van der Waals surface area contributed by atoms with Crippen LogP contribution in [-0.4, -0.2) is 66.5 Å². The van der Waals surface area contributed by atoms with Crippen molar-refractivity contribution in [2.45, 2.75) is 25.6 Å². The number of rotatable bonds is 9. The molecular formula is C27H26ClFN8O4. The Hall–Kier alpha value is -4.62. The maximum absolute atomic E-state index is 14.0. The van der Waals surface area contributed by atoms with Gasteiger partial charge in [0.15, 0.2) is 5.82 Å². The van der Waals surface area contributed by atoms with Crippen LogP contribution in [0.3, 0.4) is 0 Å². The van der Waals surface area contributed by atoms with Crippen LogP contribution in [0.4, 0.5) is 16.2 Å². The van der Waals surface area contributed by atoms with Crippen molar-refractivity contribution in [1.29, 1.82) is 0 Å². The number of carbonyl (C=O) groups excluding carboxylic acids is 2. The van der Waals surface area contributed by atoms with Gasteiger partial charge in [0.25, 0.3) is 5.91 Å². The van der Waals surface area contributed by atoms with E-state index in [1.807, 2.05) is 0 Å². The van der Waals surface area contributed by atoms with Crippen LogP contribution in [0.2, 0.25) is 5.02 Å². The van der Waals surface area contributed by atoms with Crippen LogP contribution in [0.25, 0.3) is 11.3 Å². The SMILES string of the molecule is COc1cc(F)cc([C@@H](CO)NC(=O)[C@@H](C)N2Cc3ccc(-c4nc(Nc5cn(C)nn5)ncc4Cl)cc3C2=O)c1. The summed E-state index contributed by atoms with van der Waals surface area (Å²) in [6, 6.07) is 7.41. The molecule has 3 heterocycles. The lowest BCUT2D eigenvalue weighted by Gasteiger charge is -2.26. The first-order valence-corrected chi connectivity index (χ1v) is 12.9. The van der Waals surface area contributed by atoms with Gasteiger partial charge in [0.2, 0.25) is 11.9 Å². The summed E-state index contributed by atoms with van der Waals surface area (Å²) in [5, 5.41) is 23.7. The van der Waals surface area contributed by atoms with E-state index < -0.39 is 30.4 Å². The zero-order valence-electron chi connectivity index (χ0n) is 22.3. The molecule has 41 heavy (non-hydrogen) atoms. The van der Waals surface area contributed by atoms with E-state index in [1.165, 1.54) is 41.1 Å². The fourth-order valence-corrected chi connectivity index (χ4v) is 4.70. The number of aryl methyl sites for hydroxylation is 1. The number of aliphatic hydroxyl groups is 1. The normalized spacial score (nSPS) is 14.0. The van der Waals surface area contributed by atoms with E-state index in [0.29, 0.717) is 28.2 Å². The Morgan fingerprint density at radius 1 is 1.27 bits per heavy atom. The third-order valence-corrected chi connectivity index (χ3v) is 6.96. The molecule has 0 radical (unpaired) electrons. The van der Waals surface area contributed by atoms with Gasteiger partial charge in [0.1, 0.15) is 17.6 Å². The van der Waals surface area contributed by atoms with Gasteiger partial charge in [-0.25, -0.2) is 14.4 Å². The first-order valence-electron chi connectivity index (χ1n) is 12.5. The summed E-state index contributed by atoms with van der Waals surface area (Å²) in [6.45, 7) is 1.32. The third-order valence-electron chi connectivity index (χ3n) is 6.68. The zero-order valence-corrected chi connectivity index (χ0v) is 23.1. The fraction of sp³-hybridized carbons (Fsp3) is 0.259. The second kappa shape index (κ2) is 11.5. The highest BCUT2D eigenvalue weighted by molar-refractivity contribution is 6.33. The largest absolute Gasteiger partial charge is 0.497 e. The molecule has 0 saturated carbocycles. The minimum atomic E-state index is -0.897. The molecule has 2 aromatic carbocycles. The first kappa shape index (κ1) is 27.9. The lowest BCUT2D eigenvalue weighted by Crippen LogP contribution is -2.46. The predicted octanol–water partition coefficient (Wildman–Crippen LogP) is 3.01. The van der Waals surface area contributed by atoms with Crippen molar-refractivity contribution < 1.29 is 23.8 Å². The van der Waals surface area contributed by atoms with E-state index in [0.717, 1.165) is 5.56 Å². The van der Waals surface area contributed by atoms with Crippen LogP contribution < -0.4 is 15.4 Å². The summed E-state index contributed by atoms with van der Waals surface area (Å²) in [5.41, 5.74) is 2.47. The van der Waals surface area contributed by atoms with Crippen molar-refractivity contribution in [3.05, 3.63) is 76.3 Å². The van der Waals surface area contributed by atoms with Crippen LogP contribution in [0.15, 0.2) is 48.8 Å². The van der Waals surface area contributed by atoms with Gasteiger partial charge in [-0.15, -0.1) is 5.10 Å². The highest BCUT2D eigenvalue weighted by atomic mass is 35.5. The molecule has 1 aliphatic heterocycles. The van der Waals surface area contributed by atoms with Crippen LogP contribution >= 0.6 is 11.6 Å². The summed E-state index contributed by atoms with van der Waals surface area (Å²) in [4.78, 5) is 36.6. The first-order chi connectivity index (χ1) is 19.7. The van der Waals surface area contributed by atoms with Crippen molar-refractivity contribution >= 4 is 35.2 Å². The lowest BCUT2D eigenvalue weighted by atomic mass is 10.0. The number of benzene rings is 2. The average Bonchev–Trinajstić information content (AvgIpc) is 3.53. The van der Waals surface area contributed by atoms with Gasteiger partial charge in [-0.05, 0) is 36.2 Å². The van der Waals surface area contributed by atoms with Gasteiger partial charge in [-0.2, -0.15) is 0 Å². The maximum atomic E-state index is 14.0. The standard InChI is InChI=1S/C27H26ClFN8O4/c1-14(25(39)31-22(13-38)17-6-18(29)9-19(7-17)41-3)37-11-16-5-4-15(8-20(16)26(37)40)24-21(28)10-30-27(33-24)32-23-12-36(2)35-34-23/h4-10,12,14,22,38H,11,13H2,1-3H3,(H,31,39)(H,30,32,33)/t14-,22-/m1/s1. The van der Waals surface area contributed by atoms with Gasteiger partial charge in [-0.3, -0.25) is 14.3 Å². The van der Waals surface area contributed by atoms with Crippen molar-refractivity contribution in [1.82, 2.24) is 35.2 Å². The molecule has 212 valence electrons. The molecule has 0 aliphatic carbocycles. The number of ether oxygens (including phenoxy) is 1. The number of anilines is 2. The Labute approximate surface area is 239 Å². The monoisotopic (exact) mass is 580 g/mol. The average molecular weight is 581 g/mol. The number of methoxy groups -OCH3 is 1. The van der Waals surface area contributed by atoms with E-state index in [1.54, 1.807) is 38.4 Å². The van der Waals surface area contributed by atoms with E-state index in [9.17, 15) is 19.1 Å². The van der Waals surface area contributed by atoms with E-state index in [4.69, 9.17) is 16.3 Å². The molecule has 0 saturated heterocycles. The summed E-state index contributed by atoms with van der Waals surface area (Å²) in [5.74, 6) is -0.470. The third kappa shape index (κ3) is 5.81. The minimum absolute atomic E-state index is 0.206. The van der Waals surface area contributed by atoms with E-state index >= 15 is 0 Å². The molecule has 0 unspecified atom stereocenters. The molecule has 2 amide bonds. The Morgan fingerprint density at radius 2 is 2.07 bits per heavy atom. The number of nitrogens with zero attached hydrogens (tertiary/aromatic N) is 6. The van der Waals surface area contributed by atoms with Crippen LogP contribution in [-0.2, 0) is 18.4 Å². The highest BCUT2D eigenvalue weighted by Crippen LogP contribution is 2.32. The van der Waals surface area contributed by atoms with Crippen LogP contribution in [0.5, 0.6) is 5.75 Å². The fourth-order valence-electron chi connectivity index (χ4n) is 4.50. The molecule has 5 rings (SSSR count). The second-order valence-electron chi connectivity index (χ2n) is 9.44. The maximum Gasteiger partial charge on any atom is 0.255 e. The topological polar surface area (TPSA) is 147 Å². The number of amides is 2. The van der Waals surface area contributed by atoms with Crippen molar-refractivity contribution in [3.63, 3.8) is 0 Å². The molecule has 2 aromatic heterocycles. The second-order valence-corrected chi connectivity index (χ2v) is 9.85. The molecule has 0 fully saturated rings. The molecule has 14 heteroatoms. The van der Waals surface area contributed by atoms with Gasteiger partial charge in [0, 0.05) is 30.8 Å². The van der Waals surface area contributed by atoms with Gasteiger partial charge in [-0.1, -0.05) is 28.9 Å². The Bertz CT molecular complexity index is 1630. The molecule has 0 spiro atoms. The lowest BCUT2D eigenvalue weighted by molar-refractivity contribution is -0.126. The quantitative estimate of drug-likeness (QED) is 0.272. The van der Waals surface area contributed by atoms with Gasteiger partial charge in [0.05, 0.1) is 42.9 Å². The zero-order chi connectivity index (χ0) is 29.3.